The number of hydrogen-bond donors (Lipinski definition) is 1. The zero-order valence-corrected chi connectivity index (χ0v) is 16.4. The molecule has 3 aromatic rings. The molecule has 1 aromatic carbocycles. The number of nitrogens with zero attached hydrogens (tertiary/aromatic N) is 2. The Kier molecular flexibility index (Phi) is 5.12. The first-order chi connectivity index (χ1) is 11.5. The van der Waals surface area contributed by atoms with Gasteiger partial charge >= 0.3 is 0 Å². The molecule has 0 aliphatic carbocycles. The number of aromatic nitrogens is 2. The van der Waals surface area contributed by atoms with Crippen LogP contribution < -0.4 is 14.8 Å². The van der Waals surface area contributed by atoms with Gasteiger partial charge in [0.2, 0.25) is 5.28 Å². The van der Waals surface area contributed by atoms with E-state index in [-0.39, 0.29) is 11.3 Å². The standard InChI is InChI=1S/C16H15BrClN3O2S/c1-8(14-4-9(17)7-24-14)19-15-10-5-12(22-2)13(23-3)6-11(10)20-16(18)21-15/h4-8H,1-3H3,(H,19,20,21). The summed E-state index contributed by atoms with van der Waals surface area (Å²) in [5.41, 5.74) is 0.690. The molecule has 0 aliphatic heterocycles. The van der Waals surface area contributed by atoms with E-state index in [0.29, 0.717) is 22.8 Å². The lowest BCUT2D eigenvalue weighted by Crippen LogP contribution is -2.08. The maximum absolute atomic E-state index is 6.09. The van der Waals surface area contributed by atoms with Gasteiger partial charge < -0.3 is 14.8 Å². The van der Waals surface area contributed by atoms with Crippen LogP contribution in [0.3, 0.4) is 0 Å². The number of halogens is 2. The van der Waals surface area contributed by atoms with Crippen molar-refractivity contribution in [1.29, 1.82) is 0 Å². The Morgan fingerprint density at radius 3 is 2.50 bits per heavy atom. The molecule has 1 atom stereocenters. The third-order valence-corrected chi connectivity index (χ3v) is 5.59. The molecule has 5 nitrogen and oxygen atoms in total. The first-order valence-electron chi connectivity index (χ1n) is 7.11. The highest BCUT2D eigenvalue weighted by atomic mass is 79.9. The van der Waals surface area contributed by atoms with Gasteiger partial charge in [-0.15, -0.1) is 11.3 Å². The van der Waals surface area contributed by atoms with E-state index >= 15 is 0 Å². The van der Waals surface area contributed by atoms with Crippen molar-refractivity contribution in [3.63, 3.8) is 0 Å². The fourth-order valence-corrected chi connectivity index (χ4v) is 4.00. The Morgan fingerprint density at radius 1 is 1.17 bits per heavy atom. The summed E-state index contributed by atoms with van der Waals surface area (Å²) in [6, 6.07) is 5.80. The van der Waals surface area contributed by atoms with Crippen LogP contribution in [-0.4, -0.2) is 24.2 Å². The summed E-state index contributed by atoms with van der Waals surface area (Å²) in [6.45, 7) is 2.07. The summed E-state index contributed by atoms with van der Waals surface area (Å²) < 4.78 is 11.8. The van der Waals surface area contributed by atoms with Gasteiger partial charge in [-0.2, -0.15) is 0 Å². The number of rotatable bonds is 5. The van der Waals surface area contributed by atoms with Gasteiger partial charge in [0.25, 0.3) is 0 Å². The summed E-state index contributed by atoms with van der Waals surface area (Å²) in [4.78, 5) is 9.81. The molecule has 24 heavy (non-hydrogen) atoms. The van der Waals surface area contributed by atoms with Crippen molar-refractivity contribution in [1.82, 2.24) is 9.97 Å². The minimum atomic E-state index is 0.0727. The molecule has 2 aromatic heterocycles. The molecule has 8 heteroatoms. The summed E-state index contributed by atoms with van der Waals surface area (Å²) in [7, 11) is 3.18. The topological polar surface area (TPSA) is 56.3 Å². The van der Waals surface area contributed by atoms with Crippen LogP contribution in [0.4, 0.5) is 5.82 Å². The number of methoxy groups -OCH3 is 2. The van der Waals surface area contributed by atoms with Gasteiger partial charge in [0.1, 0.15) is 5.82 Å². The molecule has 0 bridgehead atoms. The first-order valence-corrected chi connectivity index (χ1v) is 9.16. The van der Waals surface area contributed by atoms with E-state index in [9.17, 15) is 0 Å². The van der Waals surface area contributed by atoms with Crippen molar-refractivity contribution in [3.05, 3.63) is 38.2 Å². The highest BCUT2D eigenvalue weighted by Crippen LogP contribution is 2.36. The van der Waals surface area contributed by atoms with E-state index in [0.717, 1.165) is 9.86 Å². The fourth-order valence-electron chi connectivity index (χ4n) is 2.37. The normalized spacial score (nSPS) is 12.2. The lowest BCUT2D eigenvalue weighted by atomic mass is 10.2. The zero-order valence-electron chi connectivity index (χ0n) is 13.3. The average molecular weight is 429 g/mol. The van der Waals surface area contributed by atoms with Crippen LogP contribution in [0, 0.1) is 0 Å². The number of ether oxygens (including phenoxy) is 2. The van der Waals surface area contributed by atoms with Gasteiger partial charge in [-0.05, 0) is 46.6 Å². The Bertz CT molecular complexity index is 887. The molecule has 0 saturated carbocycles. The minimum Gasteiger partial charge on any atom is -0.493 e. The second-order valence-corrected chi connectivity index (χ2v) is 7.30. The Labute approximate surface area is 157 Å². The molecule has 0 radical (unpaired) electrons. The van der Waals surface area contributed by atoms with Gasteiger partial charge in [0.05, 0.1) is 25.8 Å². The van der Waals surface area contributed by atoms with Crippen molar-refractivity contribution in [2.45, 2.75) is 13.0 Å². The van der Waals surface area contributed by atoms with Crippen LogP contribution in [0.5, 0.6) is 11.5 Å². The lowest BCUT2D eigenvalue weighted by molar-refractivity contribution is 0.356. The number of hydrogen-bond acceptors (Lipinski definition) is 6. The van der Waals surface area contributed by atoms with Crippen LogP contribution in [0.1, 0.15) is 17.8 Å². The third-order valence-electron chi connectivity index (χ3n) is 3.54. The van der Waals surface area contributed by atoms with E-state index in [2.05, 4.69) is 44.2 Å². The molecular weight excluding hydrogens is 414 g/mol. The van der Waals surface area contributed by atoms with Crippen molar-refractivity contribution in [2.75, 3.05) is 19.5 Å². The predicted molar refractivity (Wildman–Crippen MR) is 102 cm³/mol. The summed E-state index contributed by atoms with van der Waals surface area (Å²) in [6.07, 6.45) is 0. The van der Waals surface area contributed by atoms with Gasteiger partial charge in [-0.1, -0.05) is 0 Å². The van der Waals surface area contributed by atoms with Crippen LogP contribution >= 0.6 is 38.9 Å². The number of benzene rings is 1. The van der Waals surface area contributed by atoms with Gasteiger partial charge in [-0.3, -0.25) is 0 Å². The number of anilines is 1. The van der Waals surface area contributed by atoms with Crippen LogP contribution in [0.25, 0.3) is 10.9 Å². The SMILES string of the molecule is COc1cc2nc(Cl)nc(NC(C)c3cc(Br)cs3)c2cc1OC. The van der Waals surface area contributed by atoms with E-state index in [1.807, 2.05) is 11.4 Å². The highest BCUT2D eigenvalue weighted by Gasteiger charge is 2.15. The molecule has 126 valence electrons. The molecule has 1 N–H and O–H groups in total. The third kappa shape index (κ3) is 3.43. The molecule has 1 unspecified atom stereocenters. The van der Waals surface area contributed by atoms with Gasteiger partial charge in [0, 0.05) is 26.2 Å². The lowest BCUT2D eigenvalue weighted by Gasteiger charge is -2.16. The Hall–Kier alpha value is -1.57. The number of thiophene rings is 1. The number of nitrogens with one attached hydrogen (secondary N) is 1. The molecule has 0 amide bonds. The van der Waals surface area contributed by atoms with Gasteiger partial charge in [0.15, 0.2) is 11.5 Å². The second kappa shape index (κ2) is 7.13. The van der Waals surface area contributed by atoms with Crippen LogP contribution in [0.15, 0.2) is 28.1 Å². The maximum atomic E-state index is 6.09. The van der Waals surface area contributed by atoms with E-state index < -0.39 is 0 Å². The minimum absolute atomic E-state index is 0.0727. The molecule has 0 aliphatic rings. The molecule has 0 spiro atoms. The number of fused-ring (bicyclic) bond motifs is 1. The maximum Gasteiger partial charge on any atom is 0.224 e. The smallest absolute Gasteiger partial charge is 0.224 e. The zero-order chi connectivity index (χ0) is 17.3. The summed E-state index contributed by atoms with van der Waals surface area (Å²) in [5.74, 6) is 1.87. The first kappa shape index (κ1) is 17.3. The Morgan fingerprint density at radius 2 is 1.88 bits per heavy atom. The van der Waals surface area contributed by atoms with Crippen LogP contribution in [-0.2, 0) is 0 Å². The predicted octanol–water partition coefficient (Wildman–Crippen LogP) is 5.30. The van der Waals surface area contributed by atoms with E-state index in [4.69, 9.17) is 21.1 Å². The van der Waals surface area contributed by atoms with E-state index in [1.54, 1.807) is 31.6 Å². The van der Waals surface area contributed by atoms with Crippen LogP contribution in [0.2, 0.25) is 5.28 Å². The fraction of sp³-hybridized carbons (Fsp3) is 0.250. The largest absolute Gasteiger partial charge is 0.493 e. The summed E-state index contributed by atoms with van der Waals surface area (Å²) in [5, 5.41) is 6.45. The average Bonchev–Trinajstić information content (AvgIpc) is 3.00. The Balaban J connectivity index is 2.06. The van der Waals surface area contributed by atoms with Gasteiger partial charge in [-0.25, -0.2) is 9.97 Å². The summed E-state index contributed by atoms with van der Waals surface area (Å²) >= 11 is 11.2. The second-order valence-electron chi connectivity index (χ2n) is 5.10. The van der Waals surface area contributed by atoms with Crippen molar-refractivity contribution in [2.24, 2.45) is 0 Å². The van der Waals surface area contributed by atoms with Crippen molar-refractivity contribution >= 4 is 55.6 Å². The monoisotopic (exact) mass is 427 g/mol. The molecule has 0 saturated heterocycles. The molecule has 0 fully saturated rings. The molecule has 2 heterocycles. The highest BCUT2D eigenvalue weighted by molar-refractivity contribution is 9.10. The van der Waals surface area contributed by atoms with Crippen molar-refractivity contribution in [3.8, 4) is 11.5 Å². The van der Waals surface area contributed by atoms with E-state index in [1.165, 1.54) is 4.88 Å². The van der Waals surface area contributed by atoms with Crippen molar-refractivity contribution < 1.29 is 9.47 Å². The quantitative estimate of drug-likeness (QED) is 0.559. The molecule has 3 rings (SSSR count). The molecular formula is C16H15BrClN3O2S.